The fourth-order valence-corrected chi connectivity index (χ4v) is 4.59. The van der Waals surface area contributed by atoms with Crippen molar-refractivity contribution in [3.05, 3.63) is 72.4 Å². The summed E-state index contributed by atoms with van der Waals surface area (Å²) in [5.74, 6) is 0.368. The van der Waals surface area contributed by atoms with E-state index < -0.39 is 0 Å². The van der Waals surface area contributed by atoms with Crippen LogP contribution in [-0.4, -0.2) is 28.8 Å². The lowest BCUT2D eigenvalue weighted by molar-refractivity contribution is -0.123. The highest BCUT2D eigenvalue weighted by atomic mass is 35.5. The van der Waals surface area contributed by atoms with Crippen molar-refractivity contribution in [1.29, 1.82) is 0 Å². The number of para-hydroxylation sites is 1. The van der Waals surface area contributed by atoms with E-state index in [4.69, 9.17) is 5.10 Å². The molecule has 1 atom stereocenters. The zero-order valence-electron chi connectivity index (χ0n) is 16.9. The van der Waals surface area contributed by atoms with Gasteiger partial charge in [-0.2, -0.15) is 5.10 Å². The maximum Gasteiger partial charge on any atom is 0.223 e. The molecule has 2 fully saturated rings. The Morgan fingerprint density at radius 1 is 1.07 bits per heavy atom. The Bertz CT molecular complexity index is 997. The number of carbonyl (C=O) groups is 1. The van der Waals surface area contributed by atoms with Crippen molar-refractivity contribution in [2.24, 2.45) is 11.3 Å². The van der Waals surface area contributed by atoms with Crippen LogP contribution in [0.1, 0.15) is 24.8 Å². The summed E-state index contributed by atoms with van der Waals surface area (Å²) in [6.45, 7) is 2.57. The third kappa shape index (κ3) is 4.00. The van der Waals surface area contributed by atoms with E-state index in [9.17, 15) is 4.79 Å². The van der Waals surface area contributed by atoms with Crippen molar-refractivity contribution in [3.8, 4) is 16.9 Å². The van der Waals surface area contributed by atoms with E-state index in [1.165, 1.54) is 0 Å². The Balaban J connectivity index is 0.00000218. The minimum atomic E-state index is 0. The normalized spacial score (nSPS) is 19.1. The molecule has 1 aliphatic heterocycles. The topological polar surface area (TPSA) is 59.0 Å². The Morgan fingerprint density at radius 2 is 1.73 bits per heavy atom. The molecule has 5 nitrogen and oxygen atoms in total. The van der Waals surface area contributed by atoms with Crippen molar-refractivity contribution < 1.29 is 4.79 Å². The molecular formula is C24H27ClN4O. The molecule has 156 valence electrons. The van der Waals surface area contributed by atoms with Crippen molar-refractivity contribution in [3.63, 3.8) is 0 Å². The van der Waals surface area contributed by atoms with E-state index in [2.05, 4.69) is 22.8 Å². The Labute approximate surface area is 183 Å². The highest BCUT2D eigenvalue weighted by molar-refractivity contribution is 5.85. The van der Waals surface area contributed by atoms with Gasteiger partial charge in [0.15, 0.2) is 0 Å². The van der Waals surface area contributed by atoms with E-state index in [0.717, 1.165) is 54.9 Å². The maximum atomic E-state index is 12.8. The molecule has 6 heteroatoms. The van der Waals surface area contributed by atoms with Gasteiger partial charge >= 0.3 is 0 Å². The van der Waals surface area contributed by atoms with Crippen LogP contribution >= 0.6 is 12.4 Å². The van der Waals surface area contributed by atoms with E-state index in [0.29, 0.717) is 6.54 Å². The van der Waals surface area contributed by atoms with Gasteiger partial charge in [-0.1, -0.05) is 48.5 Å². The molecule has 1 amide bonds. The SMILES string of the molecule is Cl.O=C(NCc1cn(-c2ccccc2)nc1-c1ccccc1)C1CC12CCNCC2. The summed E-state index contributed by atoms with van der Waals surface area (Å²) in [6.07, 6.45) is 5.30. The molecule has 2 aliphatic rings. The summed E-state index contributed by atoms with van der Waals surface area (Å²) < 4.78 is 1.90. The molecule has 5 rings (SSSR count). The fourth-order valence-electron chi connectivity index (χ4n) is 4.59. The first kappa shape index (κ1) is 20.6. The highest BCUT2D eigenvalue weighted by Crippen LogP contribution is 2.58. The minimum absolute atomic E-state index is 0. The van der Waals surface area contributed by atoms with E-state index >= 15 is 0 Å². The number of hydrogen-bond donors (Lipinski definition) is 2. The van der Waals surface area contributed by atoms with Gasteiger partial charge in [0.05, 0.1) is 11.4 Å². The largest absolute Gasteiger partial charge is 0.352 e. The van der Waals surface area contributed by atoms with Gasteiger partial charge in [0, 0.05) is 29.8 Å². The first-order valence-electron chi connectivity index (χ1n) is 10.4. The van der Waals surface area contributed by atoms with Crippen LogP contribution in [0.15, 0.2) is 66.9 Å². The Morgan fingerprint density at radius 3 is 2.43 bits per heavy atom. The number of rotatable bonds is 5. The highest BCUT2D eigenvalue weighted by Gasteiger charge is 2.57. The molecule has 2 aromatic carbocycles. The third-order valence-corrected chi connectivity index (χ3v) is 6.42. The molecule has 1 unspecified atom stereocenters. The zero-order chi connectivity index (χ0) is 19.7. The van der Waals surface area contributed by atoms with E-state index in [1.807, 2.05) is 59.4 Å². The predicted octanol–water partition coefficient (Wildman–Crippen LogP) is 3.97. The Kier molecular flexibility index (Phi) is 5.93. The van der Waals surface area contributed by atoms with Crippen molar-refractivity contribution >= 4 is 18.3 Å². The molecule has 1 spiro atoms. The molecule has 1 aliphatic carbocycles. The average Bonchev–Trinajstić information content (AvgIpc) is 3.29. The number of halogens is 1. The molecule has 30 heavy (non-hydrogen) atoms. The fraction of sp³-hybridized carbons (Fsp3) is 0.333. The van der Waals surface area contributed by atoms with Gasteiger partial charge in [-0.15, -0.1) is 12.4 Å². The molecule has 1 saturated carbocycles. The molecule has 0 bridgehead atoms. The maximum absolute atomic E-state index is 12.8. The van der Waals surface area contributed by atoms with Gasteiger partial charge in [0.1, 0.15) is 0 Å². The lowest BCUT2D eigenvalue weighted by Crippen LogP contribution is -2.33. The Hall–Kier alpha value is -2.63. The van der Waals surface area contributed by atoms with Crippen molar-refractivity contribution in [2.45, 2.75) is 25.8 Å². The summed E-state index contributed by atoms with van der Waals surface area (Å²) in [5, 5.41) is 11.4. The van der Waals surface area contributed by atoms with E-state index in [1.54, 1.807) is 0 Å². The monoisotopic (exact) mass is 422 g/mol. The van der Waals surface area contributed by atoms with Crippen LogP contribution in [0.4, 0.5) is 0 Å². The van der Waals surface area contributed by atoms with Gasteiger partial charge in [0.25, 0.3) is 0 Å². The second-order valence-electron chi connectivity index (χ2n) is 8.24. The van der Waals surface area contributed by atoms with Crippen LogP contribution in [0.2, 0.25) is 0 Å². The van der Waals surface area contributed by atoms with E-state index in [-0.39, 0.29) is 29.6 Å². The van der Waals surface area contributed by atoms with Gasteiger partial charge in [-0.25, -0.2) is 4.68 Å². The number of benzene rings is 2. The van der Waals surface area contributed by atoms with Gasteiger partial charge in [-0.3, -0.25) is 4.79 Å². The molecule has 0 radical (unpaired) electrons. The molecule has 2 heterocycles. The lowest BCUT2D eigenvalue weighted by atomic mass is 9.92. The van der Waals surface area contributed by atoms with Gasteiger partial charge in [-0.05, 0) is 49.9 Å². The summed E-state index contributed by atoms with van der Waals surface area (Å²) >= 11 is 0. The number of piperidine rings is 1. The average molecular weight is 423 g/mol. The third-order valence-electron chi connectivity index (χ3n) is 6.42. The molecule has 2 N–H and O–H groups in total. The van der Waals surface area contributed by atoms with Crippen molar-refractivity contribution in [2.75, 3.05) is 13.1 Å². The number of amides is 1. The summed E-state index contributed by atoms with van der Waals surface area (Å²) in [4.78, 5) is 12.8. The van der Waals surface area contributed by atoms with Crippen LogP contribution in [0.5, 0.6) is 0 Å². The van der Waals surface area contributed by atoms with Crippen LogP contribution in [0.25, 0.3) is 16.9 Å². The smallest absolute Gasteiger partial charge is 0.223 e. The first-order chi connectivity index (χ1) is 14.3. The zero-order valence-corrected chi connectivity index (χ0v) is 17.7. The second kappa shape index (κ2) is 8.62. The quantitative estimate of drug-likeness (QED) is 0.654. The molecule has 1 aromatic heterocycles. The predicted molar refractivity (Wildman–Crippen MR) is 121 cm³/mol. The van der Waals surface area contributed by atoms with Gasteiger partial charge < -0.3 is 10.6 Å². The number of nitrogens with zero attached hydrogens (tertiary/aromatic N) is 2. The van der Waals surface area contributed by atoms with Crippen molar-refractivity contribution in [1.82, 2.24) is 20.4 Å². The second-order valence-corrected chi connectivity index (χ2v) is 8.24. The van der Waals surface area contributed by atoms with Gasteiger partial charge in [0.2, 0.25) is 5.91 Å². The number of nitrogens with one attached hydrogen (secondary N) is 2. The summed E-state index contributed by atoms with van der Waals surface area (Å²) in [6, 6.07) is 20.3. The minimum Gasteiger partial charge on any atom is -0.352 e. The summed E-state index contributed by atoms with van der Waals surface area (Å²) in [7, 11) is 0. The van der Waals surface area contributed by atoms with Crippen LogP contribution in [0.3, 0.4) is 0 Å². The summed E-state index contributed by atoms with van der Waals surface area (Å²) in [5.41, 5.74) is 4.28. The lowest BCUT2D eigenvalue weighted by Gasteiger charge is -2.23. The molecular weight excluding hydrogens is 396 g/mol. The standard InChI is InChI=1S/C24H26N4O.ClH/c29-23(21-15-24(21)11-13-25-14-12-24)26-16-19-17-28(20-9-5-2-6-10-20)27-22(19)18-7-3-1-4-8-18;/h1-10,17,21,25H,11-16H2,(H,26,29);1H. The number of aromatic nitrogens is 2. The number of carbonyl (C=O) groups excluding carboxylic acids is 1. The first-order valence-corrected chi connectivity index (χ1v) is 10.4. The number of hydrogen-bond acceptors (Lipinski definition) is 3. The molecule has 1 saturated heterocycles. The molecule has 3 aromatic rings. The van der Waals surface area contributed by atoms with Crippen LogP contribution in [-0.2, 0) is 11.3 Å². The van der Waals surface area contributed by atoms with Crippen LogP contribution in [0, 0.1) is 11.3 Å². The van der Waals surface area contributed by atoms with Crippen LogP contribution < -0.4 is 10.6 Å².